The van der Waals surface area contributed by atoms with Crippen molar-refractivity contribution in [3.05, 3.63) is 0 Å². The van der Waals surface area contributed by atoms with Crippen LogP contribution in [-0.2, 0) is 19.6 Å². The van der Waals surface area contributed by atoms with Crippen LogP contribution in [-0.4, -0.2) is 43.4 Å². The van der Waals surface area contributed by atoms with Crippen LogP contribution in [0, 0.1) is 0 Å². The number of nitrogens with one attached hydrogen (secondary N) is 1. The first kappa shape index (κ1) is 11.4. The van der Waals surface area contributed by atoms with Gasteiger partial charge in [0.2, 0.25) is 21.8 Å². The van der Waals surface area contributed by atoms with Gasteiger partial charge in [-0.05, 0) is 0 Å². The van der Waals surface area contributed by atoms with Crippen LogP contribution in [0.4, 0.5) is 0 Å². The Morgan fingerprint density at radius 1 is 1.57 bits per heavy atom. The third kappa shape index (κ3) is 2.23. The fourth-order valence-electron chi connectivity index (χ4n) is 1.10. The van der Waals surface area contributed by atoms with Crippen molar-refractivity contribution >= 4 is 33.4 Å². The molecule has 1 heterocycles. The van der Waals surface area contributed by atoms with Gasteiger partial charge in [-0.2, -0.15) is 0 Å². The lowest BCUT2D eigenvalue weighted by molar-refractivity contribution is -0.137. The topological polar surface area (TPSA) is 83.6 Å². The number of hydrogen-bond donors (Lipinski definition) is 1. The van der Waals surface area contributed by atoms with Gasteiger partial charge in [0, 0.05) is 7.05 Å². The molecule has 1 rings (SSSR count). The Kier molecular flexibility index (Phi) is 3.13. The van der Waals surface area contributed by atoms with Crippen LogP contribution in [0.15, 0.2) is 0 Å². The van der Waals surface area contributed by atoms with Crippen LogP contribution in [0.2, 0.25) is 0 Å². The van der Waals surface area contributed by atoms with Gasteiger partial charge in [-0.25, -0.2) is 13.1 Å². The van der Waals surface area contributed by atoms with E-state index in [9.17, 15) is 18.0 Å². The van der Waals surface area contributed by atoms with Gasteiger partial charge in [-0.1, -0.05) is 0 Å². The Bertz CT molecular complexity index is 366. The van der Waals surface area contributed by atoms with Gasteiger partial charge in [-0.3, -0.25) is 14.5 Å². The molecule has 6 nitrogen and oxygen atoms in total. The Labute approximate surface area is 86.3 Å². The number of hydrogen-bond acceptors (Lipinski definition) is 4. The van der Waals surface area contributed by atoms with Crippen molar-refractivity contribution in [1.82, 2.24) is 9.62 Å². The molecule has 1 N–H and O–H groups in total. The zero-order valence-electron chi connectivity index (χ0n) is 7.36. The summed E-state index contributed by atoms with van der Waals surface area (Å²) in [5, 5.41) is -0.630. The largest absolute Gasteiger partial charge is 0.284 e. The highest BCUT2D eigenvalue weighted by Crippen LogP contribution is 2.11. The summed E-state index contributed by atoms with van der Waals surface area (Å²) in [5.41, 5.74) is 0. The van der Waals surface area contributed by atoms with E-state index in [2.05, 4.69) is 0 Å². The minimum Gasteiger partial charge on any atom is -0.284 e. The summed E-state index contributed by atoms with van der Waals surface area (Å²) in [6.07, 6.45) is -0.147. The number of carbonyl (C=O) groups excluding carboxylic acids is 2. The summed E-state index contributed by atoms with van der Waals surface area (Å²) in [4.78, 5) is 23.1. The van der Waals surface area contributed by atoms with E-state index in [0.717, 1.165) is 4.90 Å². The summed E-state index contributed by atoms with van der Waals surface area (Å²) >= 11 is 5.13. The molecule has 1 aliphatic rings. The van der Waals surface area contributed by atoms with Crippen molar-refractivity contribution < 1.29 is 18.0 Å². The van der Waals surface area contributed by atoms with Gasteiger partial charge < -0.3 is 0 Å². The first-order valence-corrected chi connectivity index (χ1v) is 5.92. The van der Waals surface area contributed by atoms with E-state index < -0.39 is 33.1 Å². The van der Waals surface area contributed by atoms with Crippen LogP contribution < -0.4 is 4.72 Å². The number of alkyl halides is 1. The minimum atomic E-state index is -3.67. The van der Waals surface area contributed by atoms with Crippen molar-refractivity contribution in [3.8, 4) is 0 Å². The maximum absolute atomic E-state index is 11.2. The third-order valence-electron chi connectivity index (χ3n) is 1.85. The quantitative estimate of drug-likeness (QED) is 0.499. The molecule has 0 aromatic carbocycles. The summed E-state index contributed by atoms with van der Waals surface area (Å²) < 4.78 is 24.0. The lowest BCUT2D eigenvalue weighted by Crippen LogP contribution is -2.40. The number of likely N-dealkylation sites (N-methyl/N-ethyl adjacent to an activating group) is 1. The predicted octanol–water partition coefficient (Wildman–Crippen LogP) is -1.14. The monoisotopic (exact) mass is 240 g/mol. The number of sulfonamides is 1. The lowest BCUT2D eigenvalue weighted by atomic mass is 10.3. The normalized spacial score (nSPS) is 23.3. The predicted molar refractivity (Wildman–Crippen MR) is 49.0 cm³/mol. The molecule has 2 amide bonds. The van der Waals surface area contributed by atoms with Crippen LogP contribution in [0.25, 0.3) is 0 Å². The number of imide groups is 1. The molecule has 0 aliphatic carbocycles. The standard InChI is InChI=1S/C6H9ClN2O4S/c1-9-5(10)2-4(6(9)11)8-14(12,13)3-7/h4,8H,2-3H2,1H3. The smallest absolute Gasteiger partial charge is 0.247 e. The van der Waals surface area contributed by atoms with Gasteiger partial charge in [0.25, 0.3) is 0 Å². The molecular formula is C6H9ClN2O4S. The van der Waals surface area contributed by atoms with Gasteiger partial charge in [0.05, 0.1) is 6.42 Å². The highest BCUT2D eigenvalue weighted by molar-refractivity contribution is 7.90. The summed E-state index contributed by atoms with van der Waals surface area (Å²) in [5.74, 6) is -0.957. The third-order valence-corrected chi connectivity index (χ3v) is 3.64. The molecule has 0 aromatic rings. The van der Waals surface area contributed by atoms with Crippen molar-refractivity contribution in [2.75, 3.05) is 12.3 Å². The Morgan fingerprint density at radius 3 is 2.50 bits per heavy atom. The molecule has 14 heavy (non-hydrogen) atoms. The molecule has 0 radical (unpaired) electrons. The highest BCUT2D eigenvalue weighted by Gasteiger charge is 2.38. The van der Waals surface area contributed by atoms with Crippen LogP contribution in [0.5, 0.6) is 0 Å². The molecule has 80 valence electrons. The Balaban J connectivity index is 2.74. The lowest BCUT2D eigenvalue weighted by Gasteiger charge is -2.09. The van der Waals surface area contributed by atoms with Crippen molar-refractivity contribution in [3.63, 3.8) is 0 Å². The van der Waals surface area contributed by atoms with E-state index in [-0.39, 0.29) is 6.42 Å². The molecule has 0 aromatic heterocycles. The number of amides is 2. The van der Waals surface area contributed by atoms with Crippen molar-refractivity contribution in [1.29, 1.82) is 0 Å². The molecule has 0 bridgehead atoms. The summed E-state index contributed by atoms with van der Waals surface area (Å²) in [6, 6.07) is -1.00. The molecule has 1 fully saturated rings. The average molecular weight is 241 g/mol. The van der Waals surface area contributed by atoms with Gasteiger partial charge in [0.1, 0.15) is 11.3 Å². The maximum Gasteiger partial charge on any atom is 0.247 e. The molecule has 1 atom stereocenters. The molecule has 8 heteroatoms. The number of likely N-dealkylation sites (tertiary alicyclic amines) is 1. The first-order chi connectivity index (χ1) is 6.37. The first-order valence-electron chi connectivity index (χ1n) is 3.74. The molecule has 1 saturated heterocycles. The minimum absolute atomic E-state index is 0.147. The van der Waals surface area contributed by atoms with Crippen LogP contribution in [0.1, 0.15) is 6.42 Å². The summed E-state index contributed by atoms with van der Waals surface area (Å²) in [6.45, 7) is 0. The van der Waals surface area contributed by atoms with Crippen molar-refractivity contribution in [2.24, 2.45) is 0 Å². The van der Waals surface area contributed by atoms with Gasteiger partial charge in [-0.15, -0.1) is 11.6 Å². The second kappa shape index (κ2) is 3.84. The van der Waals surface area contributed by atoms with E-state index in [1.807, 2.05) is 4.72 Å². The second-order valence-electron chi connectivity index (χ2n) is 2.89. The molecule has 0 spiro atoms. The number of nitrogens with zero attached hydrogens (tertiary/aromatic N) is 1. The number of rotatable bonds is 3. The SMILES string of the molecule is CN1C(=O)CC(NS(=O)(=O)CCl)C1=O. The maximum atomic E-state index is 11.2. The van der Waals surface area contributed by atoms with Crippen LogP contribution >= 0.6 is 11.6 Å². The number of halogens is 1. The van der Waals surface area contributed by atoms with Crippen LogP contribution in [0.3, 0.4) is 0 Å². The van der Waals surface area contributed by atoms with Gasteiger partial charge in [0.15, 0.2) is 0 Å². The van der Waals surface area contributed by atoms with E-state index in [4.69, 9.17) is 11.6 Å². The van der Waals surface area contributed by atoms with E-state index in [1.54, 1.807) is 0 Å². The van der Waals surface area contributed by atoms with E-state index in [1.165, 1.54) is 7.05 Å². The number of carbonyl (C=O) groups is 2. The molecule has 1 aliphatic heterocycles. The van der Waals surface area contributed by atoms with Gasteiger partial charge >= 0.3 is 0 Å². The molecule has 1 unspecified atom stereocenters. The average Bonchev–Trinajstić information content (AvgIpc) is 2.33. The second-order valence-corrected chi connectivity index (χ2v) is 5.23. The zero-order valence-corrected chi connectivity index (χ0v) is 8.93. The summed E-state index contributed by atoms with van der Waals surface area (Å²) in [7, 11) is -2.36. The fourth-order valence-corrected chi connectivity index (χ4v) is 1.97. The van der Waals surface area contributed by atoms with E-state index >= 15 is 0 Å². The Hall–Kier alpha value is -0.660. The molecule has 0 saturated carbocycles. The fraction of sp³-hybridized carbons (Fsp3) is 0.667. The Morgan fingerprint density at radius 2 is 2.14 bits per heavy atom. The van der Waals surface area contributed by atoms with E-state index in [0.29, 0.717) is 0 Å². The zero-order chi connectivity index (χ0) is 10.9. The van der Waals surface area contributed by atoms with Crippen molar-refractivity contribution in [2.45, 2.75) is 12.5 Å². The molecular weight excluding hydrogens is 232 g/mol. The highest BCUT2D eigenvalue weighted by atomic mass is 35.5.